The Kier molecular flexibility index (Phi) is 6.41. The molecule has 3 N–H and O–H groups in total. The summed E-state index contributed by atoms with van der Waals surface area (Å²) >= 11 is 0. The zero-order chi connectivity index (χ0) is 19.5. The Morgan fingerprint density at radius 2 is 2.23 bits per heavy atom. The maximum absolute atomic E-state index is 12.5. The van der Waals surface area contributed by atoms with E-state index in [9.17, 15) is 9.59 Å². The Bertz CT molecular complexity index is 682. The molecule has 8 nitrogen and oxygen atoms in total. The summed E-state index contributed by atoms with van der Waals surface area (Å²) in [6, 6.07) is 1.53. The minimum absolute atomic E-state index is 0.130. The first-order valence-electron chi connectivity index (χ1n) is 9.12. The number of anilines is 1. The molecule has 2 atom stereocenters. The first-order valence-corrected chi connectivity index (χ1v) is 9.12. The number of aromatic amines is 1. The predicted molar refractivity (Wildman–Crippen MR) is 101 cm³/mol. The summed E-state index contributed by atoms with van der Waals surface area (Å²) in [5, 5.41) is 0. The number of carbonyl (C=O) groups is 1. The van der Waals surface area contributed by atoms with Gasteiger partial charge in [-0.25, -0.2) is 4.98 Å². The summed E-state index contributed by atoms with van der Waals surface area (Å²) in [7, 11) is 2.00. The molecule has 2 heterocycles. The number of likely N-dealkylation sites (N-methyl/N-ethyl adjacent to an activating group) is 1. The Morgan fingerprint density at radius 3 is 2.81 bits per heavy atom. The SMILES string of the molecule is CCC(C(=O)OC(C)(C)C)N1CCC(N(C)Cc2cc(=O)[nH]c(N)n2)C1. The lowest BCUT2D eigenvalue weighted by atomic mass is 10.1. The molecule has 1 aliphatic rings. The van der Waals surface area contributed by atoms with Gasteiger partial charge < -0.3 is 10.5 Å². The summed E-state index contributed by atoms with van der Waals surface area (Å²) < 4.78 is 5.56. The highest BCUT2D eigenvalue weighted by atomic mass is 16.6. The van der Waals surface area contributed by atoms with Crippen molar-refractivity contribution in [3.63, 3.8) is 0 Å². The van der Waals surface area contributed by atoms with Gasteiger partial charge >= 0.3 is 5.97 Å². The van der Waals surface area contributed by atoms with Gasteiger partial charge in [-0.3, -0.25) is 24.4 Å². The van der Waals surface area contributed by atoms with E-state index in [1.165, 1.54) is 6.07 Å². The van der Waals surface area contributed by atoms with Crippen LogP contribution in [0.2, 0.25) is 0 Å². The van der Waals surface area contributed by atoms with E-state index in [-0.39, 0.29) is 29.6 Å². The molecule has 8 heteroatoms. The maximum Gasteiger partial charge on any atom is 0.323 e. The molecule has 0 saturated carbocycles. The normalized spacial score (nSPS) is 19.7. The number of hydrogen-bond acceptors (Lipinski definition) is 7. The molecule has 1 fully saturated rings. The first-order chi connectivity index (χ1) is 12.1. The van der Waals surface area contributed by atoms with Crippen molar-refractivity contribution in [2.45, 2.75) is 64.8 Å². The second-order valence-electron chi connectivity index (χ2n) is 7.93. The van der Waals surface area contributed by atoms with Crippen LogP contribution in [0, 0.1) is 0 Å². The van der Waals surface area contributed by atoms with E-state index < -0.39 is 5.60 Å². The Morgan fingerprint density at radius 1 is 1.54 bits per heavy atom. The van der Waals surface area contributed by atoms with Crippen LogP contribution in [0.25, 0.3) is 0 Å². The van der Waals surface area contributed by atoms with Gasteiger partial charge in [-0.15, -0.1) is 0 Å². The topological polar surface area (TPSA) is 105 Å². The molecule has 0 bridgehead atoms. The van der Waals surface area contributed by atoms with Crippen molar-refractivity contribution < 1.29 is 9.53 Å². The van der Waals surface area contributed by atoms with Gasteiger partial charge in [0.25, 0.3) is 5.56 Å². The molecule has 2 rings (SSSR count). The lowest BCUT2D eigenvalue weighted by Gasteiger charge is -2.30. The molecule has 0 aliphatic carbocycles. The van der Waals surface area contributed by atoms with Crippen LogP contribution in [0.1, 0.15) is 46.2 Å². The molecule has 1 aromatic rings. The average Bonchev–Trinajstić information content (AvgIpc) is 2.94. The summed E-state index contributed by atoms with van der Waals surface area (Å²) in [6.45, 7) is 9.84. The largest absolute Gasteiger partial charge is 0.459 e. The zero-order valence-electron chi connectivity index (χ0n) is 16.4. The van der Waals surface area contributed by atoms with Crippen LogP contribution in [0.15, 0.2) is 10.9 Å². The van der Waals surface area contributed by atoms with Crippen LogP contribution < -0.4 is 11.3 Å². The fraction of sp³-hybridized carbons (Fsp3) is 0.722. The fourth-order valence-corrected chi connectivity index (χ4v) is 3.35. The standard InChI is InChI=1S/C18H31N5O3/c1-6-14(16(25)26-18(2,3)4)23-8-7-13(11-23)22(5)10-12-9-15(24)21-17(19)20-12/h9,13-14H,6-8,10-11H2,1-5H3,(H3,19,20,21,24). The van der Waals surface area contributed by atoms with E-state index in [1.54, 1.807) is 0 Å². The molecule has 26 heavy (non-hydrogen) atoms. The van der Waals surface area contributed by atoms with Gasteiger partial charge in [0, 0.05) is 31.7 Å². The highest BCUT2D eigenvalue weighted by Crippen LogP contribution is 2.22. The summed E-state index contributed by atoms with van der Waals surface area (Å²) in [4.78, 5) is 35.0. The van der Waals surface area contributed by atoms with Gasteiger partial charge in [0.2, 0.25) is 5.95 Å². The predicted octanol–water partition coefficient (Wildman–Crippen LogP) is 0.979. The van der Waals surface area contributed by atoms with Crippen molar-refractivity contribution in [3.8, 4) is 0 Å². The minimum atomic E-state index is -0.480. The monoisotopic (exact) mass is 365 g/mol. The summed E-state index contributed by atoms with van der Waals surface area (Å²) in [5.41, 5.74) is 5.53. The molecular weight excluding hydrogens is 334 g/mol. The first kappa shape index (κ1) is 20.4. The Balaban J connectivity index is 1.97. The smallest absolute Gasteiger partial charge is 0.323 e. The van der Waals surface area contributed by atoms with Crippen LogP contribution in [0.4, 0.5) is 5.95 Å². The van der Waals surface area contributed by atoms with Crippen molar-refractivity contribution in [3.05, 3.63) is 22.1 Å². The summed E-state index contributed by atoms with van der Waals surface area (Å²) in [6.07, 6.45) is 1.67. The highest BCUT2D eigenvalue weighted by molar-refractivity contribution is 5.76. The third-order valence-electron chi connectivity index (χ3n) is 4.55. The lowest BCUT2D eigenvalue weighted by molar-refractivity contribution is -0.161. The minimum Gasteiger partial charge on any atom is -0.459 e. The number of nitrogens with one attached hydrogen (secondary N) is 1. The van der Waals surface area contributed by atoms with Crippen molar-refractivity contribution in [1.82, 2.24) is 19.8 Å². The number of nitrogens with zero attached hydrogens (tertiary/aromatic N) is 3. The van der Waals surface area contributed by atoms with Crippen LogP contribution >= 0.6 is 0 Å². The summed E-state index contributed by atoms with van der Waals surface area (Å²) in [5.74, 6) is -0.0303. The van der Waals surface area contributed by atoms with E-state index in [2.05, 4.69) is 19.8 Å². The van der Waals surface area contributed by atoms with Gasteiger partial charge in [0.05, 0.1) is 5.69 Å². The quantitative estimate of drug-likeness (QED) is 0.724. The molecule has 1 aromatic heterocycles. The molecule has 1 aliphatic heterocycles. The number of likely N-dealkylation sites (tertiary alicyclic amines) is 1. The zero-order valence-corrected chi connectivity index (χ0v) is 16.4. The van der Waals surface area contributed by atoms with Crippen LogP contribution in [-0.2, 0) is 16.1 Å². The number of nitrogen functional groups attached to an aromatic ring is 1. The van der Waals surface area contributed by atoms with Gasteiger partial charge in [-0.2, -0.15) is 0 Å². The highest BCUT2D eigenvalue weighted by Gasteiger charge is 2.35. The molecular formula is C18H31N5O3. The number of esters is 1. The molecule has 0 spiro atoms. The van der Waals surface area contributed by atoms with Gasteiger partial charge in [-0.1, -0.05) is 6.92 Å². The van der Waals surface area contributed by atoms with E-state index >= 15 is 0 Å². The number of H-pyrrole nitrogens is 1. The molecule has 146 valence electrons. The van der Waals surface area contributed by atoms with Crippen LogP contribution in [0.3, 0.4) is 0 Å². The third kappa shape index (κ3) is 5.54. The second kappa shape index (κ2) is 8.18. The van der Waals surface area contributed by atoms with Crippen LogP contribution in [-0.4, -0.2) is 63.6 Å². The van der Waals surface area contributed by atoms with Crippen molar-refractivity contribution >= 4 is 11.9 Å². The van der Waals surface area contributed by atoms with E-state index in [4.69, 9.17) is 10.5 Å². The van der Waals surface area contributed by atoms with E-state index in [0.717, 1.165) is 25.9 Å². The number of carbonyl (C=O) groups excluding carboxylic acids is 1. The van der Waals surface area contributed by atoms with Gasteiger partial charge in [0.1, 0.15) is 11.6 Å². The molecule has 0 amide bonds. The molecule has 1 saturated heterocycles. The van der Waals surface area contributed by atoms with E-state index in [0.29, 0.717) is 12.2 Å². The second-order valence-corrected chi connectivity index (χ2v) is 7.93. The van der Waals surface area contributed by atoms with E-state index in [1.807, 2.05) is 34.7 Å². The maximum atomic E-state index is 12.5. The number of hydrogen-bond donors (Lipinski definition) is 2. The molecule has 0 radical (unpaired) electrons. The molecule has 2 unspecified atom stereocenters. The number of ether oxygens (including phenoxy) is 1. The van der Waals surface area contributed by atoms with Gasteiger partial charge in [-0.05, 0) is 40.7 Å². The van der Waals surface area contributed by atoms with Crippen molar-refractivity contribution in [2.24, 2.45) is 0 Å². The number of aromatic nitrogens is 2. The van der Waals surface area contributed by atoms with Gasteiger partial charge in [0.15, 0.2) is 0 Å². The number of nitrogens with two attached hydrogens (primary N) is 1. The number of rotatable bonds is 6. The van der Waals surface area contributed by atoms with Crippen molar-refractivity contribution in [1.29, 1.82) is 0 Å². The Labute approximate surface area is 154 Å². The van der Waals surface area contributed by atoms with Crippen LogP contribution in [0.5, 0.6) is 0 Å². The average molecular weight is 365 g/mol. The third-order valence-corrected chi connectivity index (χ3v) is 4.55. The lowest BCUT2D eigenvalue weighted by Crippen LogP contribution is -2.44. The fourth-order valence-electron chi connectivity index (χ4n) is 3.35. The van der Waals surface area contributed by atoms with Crippen molar-refractivity contribution in [2.75, 3.05) is 25.9 Å². The Hall–Kier alpha value is -1.93. The molecule has 0 aromatic carbocycles.